The summed E-state index contributed by atoms with van der Waals surface area (Å²) in [5.74, 6) is -2.35. The predicted octanol–water partition coefficient (Wildman–Crippen LogP) is 2.67. The fourth-order valence-corrected chi connectivity index (χ4v) is 2.72. The molecule has 0 bridgehead atoms. The highest BCUT2D eigenvalue weighted by atomic mass is 19.2. The van der Waals surface area contributed by atoms with E-state index < -0.39 is 11.6 Å². The van der Waals surface area contributed by atoms with E-state index in [4.69, 9.17) is 4.74 Å². The zero-order valence-electron chi connectivity index (χ0n) is 13.4. The van der Waals surface area contributed by atoms with Crippen LogP contribution < -0.4 is 4.74 Å². The molecule has 1 aromatic heterocycles. The molecule has 3 rings (SSSR count). The van der Waals surface area contributed by atoms with E-state index in [1.807, 2.05) is 19.9 Å². The molecule has 1 aliphatic rings. The second-order valence-corrected chi connectivity index (χ2v) is 5.84. The average molecular weight is 333 g/mol. The lowest BCUT2D eigenvalue weighted by atomic mass is 10.2. The number of carbonyl (C=O) groups is 1. The first-order valence-corrected chi connectivity index (χ1v) is 7.65. The Balaban J connectivity index is 1.66. The van der Waals surface area contributed by atoms with Crippen LogP contribution in [-0.4, -0.2) is 40.0 Å². The van der Waals surface area contributed by atoms with Crippen LogP contribution in [0.4, 0.5) is 8.78 Å². The highest BCUT2D eigenvalue weighted by Gasteiger charge is 2.29. The van der Waals surface area contributed by atoms with Crippen LogP contribution in [-0.2, 0) is 0 Å². The molecular weight excluding hydrogens is 316 g/mol. The number of carbonyl (C=O) groups excluding carboxylic acids is 1. The molecule has 126 valence electrons. The zero-order valence-corrected chi connectivity index (χ0v) is 13.4. The molecule has 0 radical (unpaired) electrons. The molecule has 1 aromatic carbocycles. The van der Waals surface area contributed by atoms with Gasteiger partial charge in [0.1, 0.15) is 6.10 Å². The molecular formula is C17H17F2N3O2. The average Bonchev–Trinajstić information content (AvgIpc) is 2.96. The van der Waals surface area contributed by atoms with Crippen molar-refractivity contribution in [1.29, 1.82) is 0 Å². The van der Waals surface area contributed by atoms with E-state index in [1.54, 1.807) is 4.90 Å². The number of amides is 1. The standard InChI is InChI=1S/C17H17F2N3O2/c1-10-7-11(2)21-17(20-10)24-13-5-6-22(9-13)16(23)12-3-4-14(18)15(19)8-12/h3-4,7-8,13H,5-6,9H2,1-2H3. The third-order valence-electron chi connectivity index (χ3n) is 3.83. The van der Waals surface area contributed by atoms with Crippen molar-refractivity contribution in [2.75, 3.05) is 13.1 Å². The molecule has 1 saturated heterocycles. The Kier molecular flexibility index (Phi) is 4.42. The van der Waals surface area contributed by atoms with Gasteiger partial charge in [0.15, 0.2) is 11.6 Å². The van der Waals surface area contributed by atoms with Crippen LogP contribution in [0.15, 0.2) is 24.3 Å². The lowest BCUT2D eigenvalue weighted by molar-refractivity contribution is 0.0769. The molecule has 0 saturated carbocycles. The maximum Gasteiger partial charge on any atom is 0.317 e. The summed E-state index contributed by atoms with van der Waals surface area (Å²) < 4.78 is 32.0. The van der Waals surface area contributed by atoms with E-state index in [-0.39, 0.29) is 17.6 Å². The number of nitrogens with zero attached hydrogens (tertiary/aromatic N) is 3. The van der Waals surface area contributed by atoms with E-state index >= 15 is 0 Å². The molecule has 5 nitrogen and oxygen atoms in total. The largest absolute Gasteiger partial charge is 0.458 e. The minimum Gasteiger partial charge on any atom is -0.458 e. The molecule has 2 aromatic rings. The van der Waals surface area contributed by atoms with Crippen LogP contribution in [0, 0.1) is 25.5 Å². The van der Waals surface area contributed by atoms with Crippen LogP contribution in [0.25, 0.3) is 0 Å². The molecule has 7 heteroatoms. The predicted molar refractivity (Wildman–Crippen MR) is 82.8 cm³/mol. The molecule has 0 aliphatic carbocycles. The Morgan fingerprint density at radius 3 is 2.54 bits per heavy atom. The molecule has 1 amide bonds. The Labute approximate surface area is 138 Å². The molecule has 0 N–H and O–H groups in total. The minimum atomic E-state index is -1.03. The summed E-state index contributed by atoms with van der Waals surface area (Å²) in [6.07, 6.45) is 0.409. The van der Waals surface area contributed by atoms with Gasteiger partial charge in [0.25, 0.3) is 5.91 Å². The SMILES string of the molecule is Cc1cc(C)nc(OC2CCN(C(=O)c3ccc(F)c(F)c3)C2)n1. The van der Waals surface area contributed by atoms with Crippen LogP contribution in [0.2, 0.25) is 0 Å². The van der Waals surface area contributed by atoms with Gasteiger partial charge in [-0.15, -0.1) is 0 Å². The summed E-state index contributed by atoms with van der Waals surface area (Å²) >= 11 is 0. The topological polar surface area (TPSA) is 55.3 Å². The van der Waals surface area contributed by atoms with Gasteiger partial charge in [0.05, 0.1) is 6.54 Å². The maximum atomic E-state index is 13.3. The summed E-state index contributed by atoms with van der Waals surface area (Å²) in [5.41, 5.74) is 1.74. The lowest BCUT2D eigenvalue weighted by Crippen LogP contribution is -2.31. The smallest absolute Gasteiger partial charge is 0.317 e. The second-order valence-electron chi connectivity index (χ2n) is 5.84. The Hall–Kier alpha value is -2.57. The van der Waals surface area contributed by atoms with E-state index in [9.17, 15) is 13.6 Å². The molecule has 1 fully saturated rings. The van der Waals surface area contributed by atoms with Gasteiger partial charge >= 0.3 is 6.01 Å². The normalized spacial score (nSPS) is 17.2. The van der Waals surface area contributed by atoms with Crippen molar-refractivity contribution < 1.29 is 18.3 Å². The summed E-state index contributed by atoms with van der Waals surface area (Å²) in [5, 5.41) is 0. The molecule has 0 spiro atoms. The summed E-state index contributed by atoms with van der Waals surface area (Å²) in [4.78, 5) is 22.4. The number of hydrogen-bond donors (Lipinski definition) is 0. The number of aryl methyl sites for hydroxylation is 2. The van der Waals surface area contributed by atoms with Crippen LogP contribution in [0.3, 0.4) is 0 Å². The van der Waals surface area contributed by atoms with Crippen molar-refractivity contribution in [3.8, 4) is 6.01 Å². The Morgan fingerprint density at radius 2 is 1.88 bits per heavy atom. The number of halogens is 2. The summed E-state index contributed by atoms with van der Waals surface area (Å²) in [6, 6.07) is 5.29. The first-order valence-electron chi connectivity index (χ1n) is 7.65. The van der Waals surface area contributed by atoms with Gasteiger partial charge in [-0.25, -0.2) is 18.7 Å². The van der Waals surface area contributed by atoms with Gasteiger partial charge < -0.3 is 9.64 Å². The highest BCUT2D eigenvalue weighted by molar-refractivity contribution is 5.94. The zero-order chi connectivity index (χ0) is 17.3. The van der Waals surface area contributed by atoms with Crippen molar-refractivity contribution in [3.63, 3.8) is 0 Å². The molecule has 2 heterocycles. The maximum absolute atomic E-state index is 13.3. The van der Waals surface area contributed by atoms with Crippen molar-refractivity contribution in [1.82, 2.24) is 14.9 Å². The number of benzene rings is 1. The second kappa shape index (κ2) is 6.51. The fraction of sp³-hybridized carbons (Fsp3) is 0.353. The Morgan fingerprint density at radius 1 is 1.17 bits per heavy atom. The van der Waals surface area contributed by atoms with Crippen LogP contribution in [0.1, 0.15) is 28.2 Å². The van der Waals surface area contributed by atoms with E-state index in [0.29, 0.717) is 25.5 Å². The number of likely N-dealkylation sites (tertiary alicyclic amines) is 1. The summed E-state index contributed by atoms with van der Waals surface area (Å²) in [6.45, 7) is 4.55. The molecule has 24 heavy (non-hydrogen) atoms. The van der Waals surface area contributed by atoms with E-state index in [0.717, 1.165) is 23.5 Å². The van der Waals surface area contributed by atoms with Crippen LogP contribution >= 0.6 is 0 Å². The first kappa shape index (κ1) is 16.3. The quantitative estimate of drug-likeness (QED) is 0.866. The van der Waals surface area contributed by atoms with Gasteiger partial charge in [-0.3, -0.25) is 4.79 Å². The van der Waals surface area contributed by atoms with Crippen molar-refractivity contribution in [2.45, 2.75) is 26.4 Å². The van der Waals surface area contributed by atoms with Gasteiger partial charge in [-0.2, -0.15) is 0 Å². The first-order chi connectivity index (χ1) is 11.4. The monoisotopic (exact) mass is 333 g/mol. The fourth-order valence-electron chi connectivity index (χ4n) is 2.72. The lowest BCUT2D eigenvalue weighted by Gasteiger charge is -2.17. The third-order valence-corrected chi connectivity index (χ3v) is 3.83. The number of rotatable bonds is 3. The number of hydrogen-bond acceptors (Lipinski definition) is 4. The molecule has 1 aliphatic heterocycles. The van der Waals surface area contributed by atoms with E-state index in [1.165, 1.54) is 6.07 Å². The van der Waals surface area contributed by atoms with E-state index in [2.05, 4.69) is 9.97 Å². The molecule has 1 unspecified atom stereocenters. The summed E-state index contributed by atoms with van der Waals surface area (Å²) in [7, 11) is 0. The van der Waals surface area contributed by atoms with Gasteiger partial charge in [-0.1, -0.05) is 0 Å². The van der Waals surface area contributed by atoms with Crippen LogP contribution in [0.5, 0.6) is 6.01 Å². The minimum absolute atomic E-state index is 0.122. The van der Waals surface area contributed by atoms with Crippen molar-refractivity contribution in [3.05, 3.63) is 52.9 Å². The van der Waals surface area contributed by atoms with Gasteiger partial charge in [0.2, 0.25) is 0 Å². The van der Waals surface area contributed by atoms with Crippen molar-refractivity contribution >= 4 is 5.91 Å². The third kappa shape index (κ3) is 3.50. The van der Waals surface area contributed by atoms with Gasteiger partial charge in [0, 0.05) is 29.9 Å². The Bertz CT molecular complexity index is 762. The number of aromatic nitrogens is 2. The van der Waals surface area contributed by atoms with Crippen molar-refractivity contribution in [2.24, 2.45) is 0 Å². The van der Waals surface area contributed by atoms with Gasteiger partial charge in [-0.05, 0) is 38.1 Å². The number of ether oxygens (including phenoxy) is 1. The molecule has 1 atom stereocenters. The highest BCUT2D eigenvalue weighted by Crippen LogP contribution is 2.19.